The van der Waals surface area contributed by atoms with Crippen LogP contribution in [-0.2, 0) is 4.74 Å². The van der Waals surface area contributed by atoms with E-state index in [0.29, 0.717) is 35.2 Å². The quantitative estimate of drug-likeness (QED) is 0.849. The normalized spacial score (nSPS) is 24.7. The fourth-order valence-electron chi connectivity index (χ4n) is 3.41. The zero-order chi connectivity index (χ0) is 15.7. The van der Waals surface area contributed by atoms with E-state index in [-0.39, 0.29) is 18.1 Å². The molecule has 2 unspecified atom stereocenters. The summed E-state index contributed by atoms with van der Waals surface area (Å²) in [6.45, 7) is 1.18. The minimum absolute atomic E-state index is 0.0565. The third-order valence-corrected chi connectivity index (χ3v) is 4.87. The highest BCUT2D eigenvalue weighted by molar-refractivity contribution is 6.33. The fraction of sp³-hybridized carbons (Fsp3) is 0.562. The summed E-state index contributed by atoms with van der Waals surface area (Å²) >= 11 is 6.09. The van der Waals surface area contributed by atoms with Crippen LogP contribution in [0.1, 0.15) is 36.0 Å². The van der Waals surface area contributed by atoms with Gasteiger partial charge in [0, 0.05) is 12.6 Å². The molecule has 1 aliphatic carbocycles. The maximum absolute atomic E-state index is 13.0. The topological polar surface area (TPSA) is 64.8 Å². The van der Waals surface area contributed by atoms with E-state index in [1.54, 1.807) is 12.1 Å². The van der Waals surface area contributed by atoms with Gasteiger partial charge in [-0.2, -0.15) is 0 Å². The predicted molar refractivity (Wildman–Crippen MR) is 85.4 cm³/mol. The number of hydrogen-bond acceptors (Lipinski definition) is 4. The molecule has 6 heteroatoms. The van der Waals surface area contributed by atoms with Crippen LogP contribution < -0.4 is 10.5 Å². The maximum atomic E-state index is 13.0. The van der Waals surface area contributed by atoms with Gasteiger partial charge in [0.1, 0.15) is 5.75 Å². The Morgan fingerprint density at radius 2 is 2.18 bits per heavy atom. The summed E-state index contributed by atoms with van der Waals surface area (Å²) in [5.74, 6) is 0.407. The summed E-state index contributed by atoms with van der Waals surface area (Å²) in [7, 11) is 1.53. The molecule has 5 nitrogen and oxygen atoms in total. The van der Waals surface area contributed by atoms with Crippen molar-refractivity contribution in [3.05, 3.63) is 22.7 Å². The molecule has 120 valence electrons. The number of hydrogen-bond donors (Lipinski definition) is 1. The number of fused-ring (bicyclic) bond motifs is 1. The van der Waals surface area contributed by atoms with Crippen molar-refractivity contribution in [3.63, 3.8) is 0 Å². The second kappa shape index (κ2) is 6.34. The van der Waals surface area contributed by atoms with Crippen molar-refractivity contribution in [2.75, 3.05) is 26.0 Å². The van der Waals surface area contributed by atoms with Crippen molar-refractivity contribution in [2.24, 2.45) is 0 Å². The number of nitrogen functional groups attached to an aromatic ring is 1. The van der Waals surface area contributed by atoms with Crippen molar-refractivity contribution in [2.45, 2.75) is 37.8 Å². The van der Waals surface area contributed by atoms with E-state index in [2.05, 4.69) is 0 Å². The van der Waals surface area contributed by atoms with Gasteiger partial charge in [0.25, 0.3) is 5.91 Å². The number of nitrogens with two attached hydrogens (primary N) is 1. The maximum Gasteiger partial charge on any atom is 0.258 e. The zero-order valence-electron chi connectivity index (χ0n) is 12.7. The summed E-state index contributed by atoms with van der Waals surface area (Å²) in [4.78, 5) is 14.9. The lowest BCUT2D eigenvalue weighted by Crippen LogP contribution is -2.54. The number of anilines is 1. The van der Waals surface area contributed by atoms with Gasteiger partial charge in [-0.25, -0.2) is 0 Å². The highest BCUT2D eigenvalue weighted by Crippen LogP contribution is 2.33. The molecule has 1 aromatic carbocycles. The second-order valence-corrected chi connectivity index (χ2v) is 6.24. The van der Waals surface area contributed by atoms with Crippen LogP contribution in [0, 0.1) is 0 Å². The van der Waals surface area contributed by atoms with Gasteiger partial charge in [0.2, 0.25) is 0 Å². The monoisotopic (exact) mass is 324 g/mol. The summed E-state index contributed by atoms with van der Waals surface area (Å²) in [5, 5.41) is 0.373. The Labute approximate surface area is 135 Å². The summed E-state index contributed by atoms with van der Waals surface area (Å²) < 4.78 is 11.1. The van der Waals surface area contributed by atoms with Crippen LogP contribution in [0.5, 0.6) is 5.75 Å². The van der Waals surface area contributed by atoms with Crippen LogP contribution in [-0.4, -0.2) is 43.2 Å². The Morgan fingerprint density at radius 1 is 1.41 bits per heavy atom. The van der Waals surface area contributed by atoms with E-state index in [0.717, 1.165) is 19.3 Å². The molecule has 0 aromatic heterocycles. The number of carbonyl (C=O) groups excluding carboxylic acids is 1. The van der Waals surface area contributed by atoms with E-state index < -0.39 is 0 Å². The van der Waals surface area contributed by atoms with Crippen LogP contribution in [0.3, 0.4) is 0 Å². The number of amides is 1. The molecule has 1 saturated heterocycles. The number of halogens is 1. The molecule has 1 saturated carbocycles. The van der Waals surface area contributed by atoms with Crippen molar-refractivity contribution >= 4 is 23.2 Å². The predicted octanol–water partition coefficient (Wildman–Crippen LogP) is 2.71. The van der Waals surface area contributed by atoms with Crippen LogP contribution in [0.2, 0.25) is 5.02 Å². The molecule has 2 aliphatic rings. The summed E-state index contributed by atoms with van der Waals surface area (Å²) in [6.07, 6.45) is 4.46. The number of rotatable bonds is 2. The molecule has 2 N–H and O–H groups in total. The summed E-state index contributed by atoms with van der Waals surface area (Å²) in [5.41, 5.74) is 6.67. The number of carbonyl (C=O) groups is 1. The van der Waals surface area contributed by atoms with Gasteiger partial charge in [-0.15, -0.1) is 0 Å². The highest BCUT2D eigenvalue weighted by Gasteiger charge is 2.37. The molecule has 1 aliphatic heterocycles. The van der Waals surface area contributed by atoms with Crippen molar-refractivity contribution < 1.29 is 14.3 Å². The van der Waals surface area contributed by atoms with Crippen molar-refractivity contribution in [1.82, 2.24) is 4.90 Å². The van der Waals surface area contributed by atoms with E-state index in [9.17, 15) is 4.79 Å². The molecule has 0 bridgehead atoms. The molecule has 2 fully saturated rings. The fourth-order valence-corrected chi connectivity index (χ4v) is 3.57. The van der Waals surface area contributed by atoms with Crippen molar-refractivity contribution in [1.29, 1.82) is 0 Å². The molecule has 3 rings (SSSR count). The van der Waals surface area contributed by atoms with Gasteiger partial charge in [0.15, 0.2) is 0 Å². The Bertz CT molecular complexity index is 577. The molecule has 2 atom stereocenters. The van der Waals surface area contributed by atoms with Gasteiger partial charge < -0.3 is 20.1 Å². The first-order chi connectivity index (χ1) is 10.6. The molecular weight excluding hydrogens is 304 g/mol. The van der Waals surface area contributed by atoms with E-state index >= 15 is 0 Å². The Morgan fingerprint density at radius 3 is 2.95 bits per heavy atom. The lowest BCUT2D eigenvalue weighted by atomic mass is 9.89. The van der Waals surface area contributed by atoms with Crippen LogP contribution in [0.4, 0.5) is 5.69 Å². The van der Waals surface area contributed by atoms with Gasteiger partial charge in [-0.05, 0) is 18.9 Å². The standard InChI is InChI=1S/C16H21ClN2O3/c1-21-15-9-12(18)11(17)8-10(15)16(20)19-6-7-22-14-5-3-2-4-13(14)19/h8-9,13-14H,2-7,18H2,1H3. The zero-order valence-corrected chi connectivity index (χ0v) is 13.4. The van der Waals surface area contributed by atoms with Gasteiger partial charge in [-0.3, -0.25) is 4.79 Å². The molecule has 0 spiro atoms. The third kappa shape index (κ3) is 2.75. The second-order valence-electron chi connectivity index (χ2n) is 5.83. The molecule has 1 heterocycles. The molecule has 22 heavy (non-hydrogen) atoms. The Hall–Kier alpha value is -1.46. The Balaban J connectivity index is 1.91. The lowest BCUT2D eigenvalue weighted by molar-refractivity contribution is -0.0753. The average Bonchev–Trinajstić information content (AvgIpc) is 2.55. The first-order valence-corrected chi connectivity index (χ1v) is 8.05. The smallest absolute Gasteiger partial charge is 0.258 e. The third-order valence-electron chi connectivity index (χ3n) is 4.54. The average molecular weight is 325 g/mol. The molecule has 1 aromatic rings. The number of benzene rings is 1. The SMILES string of the molecule is COc1cc(N)c(Cl)cc1C(=O)N1CCOC2CCCCC21. The minimum atomic E-state index is -0.0565. The van der Waals surface area contributed by atoms with Gasteiger partial charge >= 0.3 is 0 Å². The molecular formula is C16H21ClN2O3. The first kappa shape index (κ1) is 15.4. The van der Waals surface area contributed by atoms with Crippen molar-refractivity contribution in [3.8, 4) is 5.75 Å². The number of morpholine rings is 1. The molecule has 0 radical (unpaired) electrons. The van der Waals surface area contributed by atoms with Gasteiger partial charge in [-0.1, -0.05) is 24.4 Å². The first-order valence-electron chi connectivity index (χ1n) is 7.67. The van der Waals surface area contributed by atoms with Crippen LogP contribution >= 0.6 is 11.6 Å². The number of ether oxygens (including phenoxy) is 2. The highest BCUT2D eigenvalue weighted by atomic mass is 35.5. The lowest BCUT2D eigenvalue weighted by Gasteiger charge is -2.43. The van der Waals surface area contributed by atoms with E-state index in [4.69, 9.17) is 26.8 Å². The van der Waals surface area contributed by atoms with Gasteiger partial charge in [0.05, 0.1) is 42.1 Å². The number of methoxy groups -OCH3 is 1. The van der Waals surface area contributed by atoms with E-state index in [1.165, 1.54) is 13.5 Å². The minimum Gasteiger partial charge on any atom is -0.496 e. The molecule has 1 amide bonds. The largest absolute Gasteiger partial charge is 0.496 e. The van der Waals surface area contributed by atoms with Crippen LogP contribution in [0.25, 0.3) is 0 Å². The van der Waals surface area contributed by atoms with E-state index in [1.807, 2.05) is 4.90 Å². The van der Waals surface area contributed by atoms with Crippen LogP contribution in [0.15, 0.2) is 12.1 Å². The summed E-state index contributed by atoms with van der Waals surface area (Å²) in [6, 6.07) is 3.36. The Kier molecular flexibility index (Phi) is 4.45. The number of nitrogens with zero attached hydrogens (tertiary/aromatic N) is 1.